The summed E-state index contributed by atoms with van der Waals surface area (Å²) in [6.07, 6.45) is 2.27. The minimum atomic E-state index is -0.358. The summed E-state index contributed by atoms with van der Waals surface area (Å²) in [5.74, 6) is 0.664. The van der Waals surface area contributed by atoms with E-state index in [1.165, 1.54) is 0 Å². The molecule has 4 heteroatoms. The minimum Gasteiger partial charge on any atom is -0.486 e. The molecule has 0 bridgehead atoms. The summed E-state index contributed by atoms with van der Waals surface area (Å²) in [5.41, 5.74) is 1.12. The van der Waals surface area contributed by atoms with Crippen LogP contribution in [0.5, 0.6) is 5.75 Å². The van der Waals surface area contributed by atoms with Crippen molar-refractivity contribution >= 4 is 11.6 Å². The van der Waals surface area contributed by atoms with Crippen molar-refractivity contribution in [3.05, 3.63) is 28.8 Å². The molecule has 2 unspecified atom stereocenters. The molecule has 1 fully saturated rings. The van der Waals surface area contributed by atoms with Crippen molar-refractivity contribution in [1.82, 2.24) is 5.32 Å². The SMILES string of the molecule is CNCc1ccc(OC2CCCC2O)c(Cl)c1. The Bertz CT molecular complexity index is 384. The van der Waals surface area contributed by atoms with Gasteiger partial charge < -0.3 is 15.2 Å². The second-order valence-electron chi connectivity index (χ2n) is 4.45. The topological polar surface area (TPSA) is 41.5 Å². The molecule has 1 saturated carbocycles. The number of hydrogen-bond donors (Lipinski definition) is 2. The van der Waals surface area contributed by atoms with Gasteiger partial charge in [-0.25, -0.2) is 0 Å². The Morgan fingerprint density at radius 3 is 2.88 bits per heavy atom. The first-order valence-electron chi connectivity index (χ1n) is 5.98. The Morgan fingerprint density at radius 2 is 2.29 bits per heavy atom. The molecule has 0 aromatic heterocycles. The average Bonchev–Trinajstić information content (AvgIpc) is 2.69. The van der Waals surface area contributed by atoms with Gasteiger partial charge in [-0.05, 0) is 44.0 Å². The maximum atomic E-state index is 9.70. The van der Waals surface area contributed by atoms with E-state index < -0.39 is 0 Å². The molecule has 3 nitrogen and oxygen atoms in total. The van der Waals surface area contributed by atoms with Gasteiger partial charge >= 0.3 is 0 Å². The van der Waals surface area contributed by atoms with Crippen LogP contribution in [0, 0.1) is 0 Å². The molecular formula is C13H18ClNO2. The fraction of sp³-hybridized carbons (Fsp3) is 0.538. The van der Waals surface area contributed by atoms with Gasteiger partial charge in [0.15, 0.2) is 0 Å². The van der Waals surface area contributed by atoms with Crippen LogP contribution in [0.15, 0.2) is 18.2 Å². The maximum Gasteiger partial charge on any atom is 0.138 e. The number of ether oxygens (including phenoxy) is 1. The summed E-state index contributed by atoms with van der Waals surface area (Å²) in [4.78, 5) is 0. The zero-order valence-corrected chi connectivity index (χ0v) is 10.7. The lowest BCUT2D eigenvalue weighted by Gasteiger charge is -2.18. The third-order valence-corrected chi connectivity index (χ3v) is 3.37. The lowest BCUT2D eigenvalue weighted by Crippen LogP contribution is -2.25. The van der Waals surface area contributed by atoms with Crippen molar-refractivity contribution in [2.24, 2.45) is 0 Å². The van der Waals surface area contributed by atoms with Crippen LogP contribution in [-0.4, -0.2) is 24.4 Å². The quantitative estimate of drug-likeness (QED) is 0.868. The predicted molar refractivity (Wildman–Crippen MR) is 68.5 cm³/mol. The second-order valence-corrected chi connectivity index (χ2v) is 4.86. The van der Waals surface area contributed by atoms with Gasteiger partial charge in [-0.15, -0.1) is 0 Å². The molecule has 0 aliphatic heterocycles. The molecule has 2 rings (SSSR count). The third-order valence-electron chi connectivity index (χ3n) is 3.07. The number of hydrogen-bond acceptors (Lipinski definition) is 3. The number of aliphatic hydroxyl groups is 1. The largest absolute Gasteiger partial charge is 0.486 e. The van der Waals surface area contributed by atoms with Crippen molar-refractivity contribution in [2.75, 3.05) is 7.05 Å². The van der Waals surface area contributed by atoms with Crippen LogP contribution < -0.4 is 10.1 Å². The summed E-state index contributed by atoms with van der Waals surface area (Å²) in [5, 5.41) is 13.4. The number of nitrogens with one attached hydrogen (secondary N) is 1. The van der Waals surface area contributed by atoms with Gasteiger partial charge in [0, 0.05) is 6.54 Å². The van der Waals surface area contributed by atoms with Gasteiger partial charge in [-0.2, -0.15) is 0 Å². The van der Waals surface area contributed by atoms with Crippen LogP contribution in [-0.2, 0) is 6.54 Å². The van der Waals surface area contributed by atoms with Crippen molar-refractivity contribution < 1.29 is 9.84 Å². The summed E-state index contributed by atoms with van der Waals surface area (Å²) < 4.78 is 5.75. The lowest BCUT2D eigenvalue weighted by atomic mass is 10.2. The van der Waals surface area contributed by atoms with Gasteiger partial charge in [0.25, 0.3) is 0 Å². The number of rotatable bonds is 4. The smallest absolute Gasteiger partial charge is 0.138 e. The molecule has 17 heavy (non-hydrogen) atoms. The van der Waals surface area contributed by atoms with Crippen LogP contribution in [0.1, 0.15) is 24.8 Å². The Morgan fingerprint density at radius 1 is 1.47 bits per heavy atom. The minimum absolute atomic E-state index is 0.109. The lowest BCUT2D eigenvalue weighted by molar-refractivity contribution is 0.0604. The molecule has 2 atom stereocenters. The molecular weight excluding hydrogens is 238 g/mol. The first kappa shape index (κ1) is 12.7. The van der Waals surface area contributed by atoms with E-state index in [0.29, 0.717) is 10.8 Å². The molecule has 0 saturated heterocycles. The second kappa shape index (κ2) is 5.71. The highest BCUT2D eigenvalue weighted by atomic mass is 35.5. The number of benzene rings is 1. The molecule has 94 valence electrons. The van der Waals surface area contributed by atoms with E-state index in [2.05, 4.69) is 5.32 Å². The van der Waals surface area contributed by atoms with E-state index in [-0.39, 0.29) is 12.2 Å². The Balaban J connectivity index is 2.05. The Kier molecular flexibility index (Phi) is 4.26. The molecule has 2 N–H and O–H groups in total. The Labute approximate surface area is 107 Å². The summed E-state index contributed by atoms with van der Waals surface area (Å²) >= 11 is 6.16. The number of aliphatic hydroxyl groups excluding tert-OH is 1. The van der Waals surface area contributed by atoms with Crippen molar-refractivity contribution in [1.29, 1.82) is 0 Å². The number of halogens is 1. The molecule has 0 radical (unpaired) electrons. The van der Waals surface area contributed by atoms with Crippen LogP contribution in [0.3, 0.4) is 0 Å². The van der Waals surface area contributed by atoms with E-state index in [1.807, 2.05) is 25.2 Å². The van der Waals surface area contributed by atoms with Crippen LogP contribution in [0.4, 0.5) is 0 Å². The molecule has 0 amide bonds. The van der Waals surface area contributed by atoms with Crippen LogP contribution in [0.2, 0.25) is 5.02 Å². The molecule has 0 heterocycles. The van der Waals surface area contributed by atoms with Gasteiger partial charge in [-0.3, -0.25) is 0 Å². The zero-order chi connectivity index (χ0) is 12.3. The van der Waals surface area contributed by atoms with Crippen molar-refractivity contribution in [3.8, 4) is 5.75 Å². The summed E-state index contributed by atoms with van der Waals surface area (Å²) in [6, 6.07) is 5.76. The van der Waals surface area contributed by atoms with Gasteiger partial charge in [-0.1, -0.05) is 17.7 Å². The first-order valence-corrected chi connectivity index (χ1v) is 6.36. The standard InChI is InChI=1S/C13H18ClNO2/c1-15-8-9-5-6-12(10(14)7-9)17-13-4-2-3-11(13)16/h5-7,11,13,15-16H,2-4,8H2,1H3. The van der Waals surface area contributed by atoms with E-state index in [0.717, 1.165) is 31.4 Å². The maximum absolute atomic E-state index is 9.70. The van der Waals surface area contributed by atoms with Gasteiger partial charge in [0.05, 0.1) is 11.1 Å². The highest BCUT2D eigenvalue weighted by molar-refractivity contribution is 6.32. The molecule has 0 spiro atoms. The third kappa shape index (κ3) is 3.12. The molecule has 1 aliphatic carbocycles. The fourth-order valence-electron chi connectivity index (χ4n) is 2.16. The summed E-state index contributed by atoms with van der Waals surface area (Å²) in [6.45, 7) is 0.784. The normalized spacial score (nSPS) is 23.9. The van der Waals surface area contributed by atoms with Crippen molar-refractivity contribution in [2.45, 2.75) is 38.0 Å². The van der Waals surface area contributed by atoms with Crippen LogP contribution >= 0.6 is 11.6 Å². The predicted octanol–water partition coefficient (Wildman–Crippen LogP) is 2.35. The average molecular weight is 256 g/mol. The van der Waals surface area contributed by atoms with E-state index in [1.54, 1.807) is 0 Å². The molecule has 1 aliphatic rings. The van der Waals surface area contributed by atoms with Crippen LogP contribution in [0.25, 0.3) is 0 Å². The van der Waals surface area contributed by atoms with E-state index in [4.69, 9.17) is 16.3 Å². The highest BCUT2D eigenvalue weighted by Crippen LogP contribution is 2.30. The summed E-state index contributed by atoms with van der Waals surface area (Å²) in [7, 11) is 1.90. The Hall–Kier alpha value is -0.770. The first-order chi connectivity index (χ1) is 8.20. The highest BCUT2D eigenvalue weighted by Gasteiger charge is 2.27. The molecule has 1 aromatic rings. The zero-order valence-electron chi connectivity index (χ0n) is 9.95. The monoisotopic (exact) mass is 255 g/mol. The van der Waals surface area contributed by atoms with Crippen molar-refractivity contribution in [3.63, 3.8) is 0 Å². The molecule has 1 aromatic carbocycles. The van der Waals surface area contributed by atoms with E-state index in [9.17, 15) is 5.11 Å². The van der Waals surface area contributed by atoms with E-state index >= 15 is 0 Å². The fourth-order valence-corrected chi connectivity index (χ4v) is 2.41. The van der Waals surface area contributed by atoms with Gasteiger partial charge in [0.1, 0.15) is 11.9 Å². The van der Waals surface area contributed by atoms with Gasteiger partial charge in [0.2, 0.25) is 0 Å².